The Morgan fingerprint density at radius 2 is 1.78 bits per heavy atom. The van der Waals surface area contributed by atoms with Crippen molar-refractivity contribution in [3.05, 3.63) is 58.6 Å². The largest absolute Gasteiger partial charge is 0.378 e. The number of halogens is 1. The summed E-state index contributed by atoms with van der Waals surface area (Å²) in [7, 11) is 0.253. The summed E-state index contributed by atoms with van der Waals surface area (Å²) in [5.74, 6) is -0.544. The fourth-order valence-electron chi connectivity index (χ4n) is 2.24. The Morgan fingerprint density at radius 3 is 2.33 bits per heavy atom. The Hall–Kier alpha value is -2.39. The average molecular weight is 453 g/mol. The Labute approximate surface area is 167 Å². The maximum Gasteiger partial charge on any atom is 0.260 e. The number of benzene rings is 2. The van der Waals surface area contributed by atoms with Gasteiger partial charge < -0.3 is 4.90 Å². The number of para-hydroxylation sites is 1. The molecule has 0 fully saturated rings. The molecule has 2 rings (SSSR count). The summed E-state index contributed by atoms with van der Waals surface area (Å²) in [6.07, 6.45) is 2.55. The number of carbonyl (C=O) groups is 1. The number of sulfonamides is 1. The summed E-state index contributed by atoms with van der Waals surface area (Å²) in [5.41, 5.74) is 4.61. The van der Waals surface area contributed by atoms with Crippen LogP contribution in [0.5, 0.6) is 0 Å². The molecule has 144 valence electrons. The van der Waals surface area contributed by atoms with Gasteiger partial charge >= 0.3 is 0 Å². The van der Waals surface area contributed by atoms with E-state index in [0.29, 0.717) is 10.2 Å². The second-order valence-electron chi connectivity index (χ2n) is 6.00. The smallest absolute Gasteiger partial charge is 0.260 e. The van der Waals surface area contributed by atoms with Crippen molar-refractivity contribution in [3.63, 3.8) is 0 Å². The van der Waals surface area contributed by atoms with Gasteiger partial charge in [0.25, 0.3) is 5.91 Å². The molecule has 2 aromatic rings. The summed E-state index contributed by atoms with van der Waals surface area (Å²) < 4.78 is 25.8. The summed E-state index contributed by atoms with van der Waals surface area (Å²) in [6, 6.07) is 14.4. The van der Waals surface area contributed by atoms with Gasteiger partial charge in [0.2, 0.25) is 10.0 Å². The molecule has 0 saturated carbocycles. The van der Waals surface area contributed by atoms with Gasteiger partial charge in [-0.15, -0.1) is 0 Å². The monoisotopic (exact) mass is 452 g/mol. The van der Waals surface area contributed by atoms with Gasteiger partial charge in [-0.25, -0.2) is 13.8 Å². The lowest BCUT2D eigenvalue weighted by Gasteiger charge is -2.22. The normalized spacial score (nSPS) is 11.4. The predicted molar refractivity (Wildman–Crippen MR) is 113 cm³/mol. The zero-order chi connectivity index (χ0) is 20.0. The topological polar surface area (TPSA) is 82.1 Å². The number of hydrogen-bond acceptors (Lipinski definition) is 5. The first-order valence-electron chi connectivity index (χ1n) is 8.00. The van der Waals surface area contributed by atoms with Crippen LogP contribution in [0.15, 0.2) is 58.1 Å². The highest BCUT2D eigenvalue weighted by atomic mass is 79.9. The molecule has 0 aliphatic carbocycles. The lowest BCUT2D eigenvalue weighted by Crippen LogP contribution is -2.39. The Morgan fingerprint density at radius 1 is 1.15 bits per heavy atom. The Balaban J connectivity index is 2.05. The maximum absolute atomic E-state index is 12.2. The second kappa shape index (κ2) is 9.01. The molecule has 27 heavy (non-hydrogen) atoms. The van der Waals surface area contributed by atoms with E-state index in [1.807, 2.05) is 43.3 Å². The quantitative estimate of drug-likeness (QED) is 0.516. The third kappa shape index (κ3) is 6.07. The molecular weight excluding hydrogens is 432 g/mol. The van der Waals surface area contributed by atoms with E-state index in [1.165, 1.54) is 6.21 Å². The van der Waals surface area contributed by atoms with Crippen molar-refractivity contribution >= 4 is 49.4 Å². The molecule has 0 heterocycles. The molecule has 7 nitrogen and oxygen atoms in total. The van der Waals surface area contributed by atoms with Gasteiger partial charge in [-0.1, -0.05) is 24.3 Å². The number of hydrogen-bond donors (Lipinski definition) is 1. The molecule has 0 bridgehead atoms. The molecule has 0 spiro atoms. The van der Waals surface area contributed by atoms with E-state index in [-0.39, 0.29) is 6.54 Å². The number of rotatable bonds is 7. The van der Waals surface area contributed by atoms with E-state index >= 15 is 0 Å². The number of nitrogens with one attached hydrogen (secondary N) is 1. The highest BCUT2D eigenvalue weighted by molar-refractivity contribution is 9.10. The lowest BCUT2D eigenvalue weighted by atomic mass is 10.2. The minimum absolute atomic E-state index is 0.377. The van der Waals surface area contributed by atoms with Crippen molar-refractivity contribution in [1.29, 1.82) is 0 Å². The Kier molecular flexibility index (Phi) is 6.98. The van der Waals surface area contributed by atoms with Crippen LogP contribution in [0.25, 0.3) is 0 Å². The molecule has 2 aromatic carbocycles. The van der Waals surface area contributed by atoms with Crippen LogP contribution in [0.4, 0.5) is 11.4 Å². The summed E-state index contributed by atoms with van der Waals surface area (Å²) in [4.78, 5) is 14.1. The molecule has 0 aromatic heterocycles. The first-order valence-corrected chi connectivity index (χ1v) is 10.6. The van der Waals surface area contributed by atoms with Crippen molar-refractivity contribution in [2.24, 2.45) is 5.10 Å². The van der Waals surface area contributed by atoms with Crippen LogP contribution in [-0.4, -0.2) is 47.4 Å². The standard InChI is InChI=1S/C18H21BrN4O3S/c1-22(2)15-10-8-14(9-11-15)12-20-21-18(24)13-23(27(3,25)26)17-7-5-4-6-16(17)19/h4-12H,13H2,1-3H3,(H,21,24)/b20-12-. The van der Waals surface area contributed by atoms with E-state index in [1.54, 1.807) is 24.3 Å². The van der Waals surface area contributed by atoms with Crippen molar-refractivity contribution in [3.8, 4) is 0 Å². The lowest BCUT2D eigenvalue weighted by molar-refractivity contribution is -0.119. The van der Waals surface area contributed by atoms with Crippen LogP contribution in [0.2, 0.25) is 0 Å². The van der Waals surface area contributed by atoms with Gasteiger partial charge in [-0.2, -0.15) is 5.10 Å². The fourth-order valence-corrected chi connectivity index (χ4v) is 3.72. The molecule has 1 N–H and O–H groups in total. The van der Waals surface area contributed by atoms with Crippen LogP contribution in [0.1, 0.15) is 5.56 Å². The average Bonchev–Trinajstić information content (AvgIpc) is 2.60. The first kappa shape index (κ1) is 20.9. The van der Waals surface area contributed by atoms with Crippen LogP contribution in [0.3, 0.4) is 0 Å². The molecule has 0 radical (unpaired) electrons. The minimum Gasteiger partial charge on any atom is -0.378 e. The van der Waals surface area contributed by atoms with Crippen molar-refractivity contribution in [1.82, 2.24) is 5.43 Å². The maximum atomic E-state index is 12.2. The summed E-state index contributed by atoms with van der Waals surface area (Å²) in [5, 5.41) is 3.90. The number of amides is 1. The summed E-state index contributed by atoms with van der Waals surface area (Å²) >= 11 is 3.31. The molecule has 0 aliphatic rings. The molecule has 0 unspecified atom stereocenters. The highest BCUT2D eigenvalue weighted by Crippen LogP contribution is 2.27. The van der Waals surface area contributed by atoms with Crippen molar-refractivity contribution in [2.45, 2.75) is 0 Å². The zero-order valence-electron chi connectivity index (χ0n) is 15.3. The fraction of sp³-hybridized carbons (Fsp3) is 0.222. The number of carbonyl (C=O) groups excluding carboxylic acids is 1. The van der Waals surface area contributed by atoms with Crippen molar-refractivity contribution in [2.75, 3.05) is 36.1 Å². The zero-order valence-corrected chi connectivity index (χ0v) is 17.7. The van der Waals surface area contributed by atoms with Gasteiger partial charge in [0, 0.05) is 24.3 Å². The predicted octanol–water partition coefficient (Wildman–Crippen LogP) is 2.43. The van der Waals surface area contributed by atoms with Crippen LogP contribution < -0.4 is 14.6 Å². The third-order valence-electron chi connectivity index (χ3n) is 3.62. The second-order valence-corrected chi connectivity index (χ2v) is 8.76. The van der Waals surface area contributed by atoms with Gasteiger partial charge in [0.1, 0.15) is 6.54 Å². The van der Waals surface area contributed by atoms with Crippen LogP contribution >= 0.6 is 15.9 Å². The van der Waals surface area contributed by atoms with Gasteiger partial charge in [-0.3, -0.25) is 9.10 Å². The molecule has 1 amide bonds. The molecule has 9 heteroatoms. The number of nitrogens with zero attached hydrogens (tertiary/aromatic N) is 3. The van der Waals surface area contributed by atoms with E-state index in [2.05, 4.69) is 26.5 Å². The highest BCUT2D eigenvalue weighted by Gasteiger charge is 2.22. The minimum atomic E-state index is -3.64. The molecule has 0 atom stereocenters. The van der Waals surface area contributed by atoms with Gasteiger partial charge in [0.05, 0.1) is 18.2 Å². The van der Waals surface area contributed by atoms with E-state index < -0.39 is 15.9 Å². The van der Waals surface area contributed by atoms with E-state index in [4.69, 9.17) is 0 Å². The first-order chi connectivity index (χ1) is 12.7. The number of anilines is 2. The molecular formula is C18H21BrN4O3S. The third-order valence-corrected chi connectivity index (χ3v) is 5.42. The molecule has 0 aliphatic heterocycles. The molecule has 0 saturated heterocycles. The summed E-state index contributed by atoms with van der Waals surface area (Å²) in [6.45, 7) is -0.377. The van der Waals surface area contributed by atoms with Crippen LogP contribution in [-0.2, 0) is 14.8 Å². The SMILES string of the molecule is CN(C)c1ccc(/C=N\NC(=O)CN(c2ccccc2Br)S(C)(=O)=O)cc1. The van der Waals surface area contributed by atoms with Crippen molar-refractivity contribution < 1.29 is 13.2 Å². The van der Waals surface area contributed by atoms with Gasteiger partial charge in [-0.05, 0) is 45.8 Å². The van der Waals surface area contributed by atoms with Crippen LogP contribution in [0, 0.1) is 0 Å². The Bertz CT molecular complexity index is 928. The van der Waals surface area contributed by atoms with Gasteiger partial charge in [0.15, 0.2) is 0 Å². The van der Waals surface area contributed by atoms with E-state index in [9.17, 15) is 13.2 Å². The number of hydrazone groups is 1. The van der Waals surface area contributed by atoms with E-state index in [0.717, 1.165) is 21.8 Å².